The van der Waals surface area contributed by atoms with E-state index in [1.807, 2.05) is 0 Å². The molecule has 0 N–H and O–H groups in total. The lowest BCUT2D eigenvalue weighted by Crippen LogP contribution is -2.19. The molecule has 0 amide bonds. The van der Waals surface area contributed by atoms with Crippen molar-refractivity contribution >= 4 is 0 Å². The van der Waals surface area contributed by atoms with Crippen molar-refractivity contribution in [2.45, 2.75) is 57.8 Å². The Balaban J connectivity index is 1.92. The van der Waals surface area contributed by atoms with Gasteiger partial charge in [-0.15, -0.1) is 0 Å². The lowest BCUT2D eigenvalue weighted by Gasteiger charge is -2.31. The summed E-state index contributed by atoms with van der Waals surface area (Å²) in [7, 11) is 0. The van der Waals surface area contributed by atoms with E-state index in [9.17, 15) is 0 Å². The van der Waals surface area contributed by atoms with Crippen molar-refractivity contribution in [2.75, 3.05) is 0 Å². The Bertz CT molecular complexity index is 169. The maximum absolute atomic E-state index is 2.41. The highest BCUT2D eigenvalue weighted by molar-refractivity contribution is 4.87. The molecule has 0 aromatic heterocycles. The highest BCUT2D eigenvalue weighted by atomic mass is 14.3. The molecule has 2 unspecified atom stereocenters. The molecule has 1 fully saturated rings. The van der Waals surface area contributed by atoms with Crippen molar-refractivity contribution in [1.82, 2.24) is 0 Å². The molecule has 1 saturated carbocycles. The van der Waals surface area contributed by atoms with Crippen LogP contribution in [0.5, 0.6) is 0 Å². The molecule has 74 valence electrons. The molecular formula is C13H22. The Morgan fingerprint density at radius 3 is 2.08 bits per heavy atom. The van der Waals surface area contributed by atoms with E-state index in [1.54, 1.807) is 0 Å². The second kappa shape index (κ2) is 4.83. The molecule has 0 spiro atoms. The average molecular weight is 178 g/mol. The van der Waals surface area contributed by atoms with Crippen molar-refractivity contribution in [3.8, 4) is 0 Å². The second-order valence-corrected chi connectivity index (χ2v) is 4.78. The Kier molecular flexibility index (Phi) is 3.46. The summed E-state index contributed by atoms with van der Waals surface area (Å²) in [5.74, 6) is 2.17. The minimum Gasteiger partial charge on any atom is -0.0885 e. The molecule has 2 aliphatic carbocycles. The van der Waals surface area contributed by atoms with Gasteiger partial charge in [0.15, 0.2) is 0 Å². The van der Waals surface area contributed by atoms with Gasteiger partial charge in [-0.05, 0) is 43.9 Å². The van der Waals surface area contributed by atoms with E-state index in [-0.39, 0.29) is 0 Å². The predicted octanol–water partition coefficient (Wildman–Crippen LogP) is 4.31. The van der Waals surface area contributed by atoms with Crippen LogP contribution in [0.1, 0.15) is 57.8 Å². The number of rotatable bonds is 0. The van der Waals surface area contributed by atoms with E-state index < -0.39 is 0 Å². The maximum atomic E-state index is 2.41. The van der Waals surface area contributed by atoms with Gasteiger partial charge in [0, 0.05) is 0 Å². The van der Waals surface area contributed by atoms with Crippen LogP contribution >= 0.6 is 0 Å². The molecule has 0 heteroatoms. The first kappa shape index (κ1) is 9.30. The number of fused-ring (bicyclic) bond motifs is 1. The Hall–Kier alpha value is -0.260. The van der Waals surface area contributed by atoms with E-state index >= 15 is 0 Å². The van der Waals surface area contributed by atoms with Crippen molar-refractivity contribution in [2.24, 2.45) is 11.8 Å². The zero-order valence-electron chi connectivity index (χ0n) is 8.67. The Morgan fingerprint density at radius 2 is 1.23 bits per heavy atom. The second-order valence-electron chi connectivity index (χ2n) is 4.78. The maximum Gasteiger partial charge on any atom is -0.0348 e. The van der Waals surface area contributed by atoms with Gasteiger partial charge in [-0.2, -0.15) is 0 Å². The summed E-state index contributed by atoms with van der Waals surface area (Å²) < 4.78 is 0. The van der Waals surface area contributed by atoms with Gasteiger partial charge in [-0.25, -0.2) is 0 Å². The van der Waals surface area contributed by atoms with Crippen LogP contribution in [-0.2, 0) is 0 Å². The van der Waals surface area contributed by atoms with Gasteiger partial charge in [0.2, 0.25) is 0 Å². The van der Waals surface area contributed by atoms with Crippen molar-refractivity contribution < 1.29 is 0 Å². The van der Waals surface area contributed by atoms with Gasteiger partial charge in [0.25, 0.3) is 0 Å². The largest absolute Gasteiger partial charge is 0.0885 e. The van der Waals surface area contributed by atoms with E-state index in [0.29, 0.717) is 0 Å². The molecule has 0 radical (unpaired) electrons. The fourth-order valence-corrected chi connectivity index (χ4v) is 3.09. The minimum absolute atomic E-state index is 1.08. The summed E-state index contributed by atoms with van der Waals surface area (Å²) in [5, 5.41) is 0. The van der Waals surface area contributed by atoms with Crippen molar-refractivity contribution in [3.05, 3.63) is 12.2 Å². The third-order valence-corrected chi connectivity index (χ3v) is 3.88. The first-order valence-electron chi connectivity index (χ1n) is 6.12. The van der Waals surface area contributed by atoms with Crippen LogP contribution in [0.15, 0.2) is 12.2 Å². The summed E-state index contributed by atoms with van der Waals surface area (Å²) >= 11 is 0. The number of hydrogen-bond acceptors (Lipinski definition) is 0. The first-order valence-corrected chi connectivity index (χ1v) is 6.12. The van der Waals surface area contributed by atoms with Gasteiger partial charge in [-0.1, -0.05) is 37.8 Å². The smallest absolute Gasteiger partial charge is 0.0348 e. The minimum atomic E-state index is 1.08. The van der Waals surface area contributed by atoms with Crippen LogP contribution in [-0.4, -0.2) is 0 Å². The molecule has 2 atom stereocenters. The van der Waals surface area contributed by atoms with Gasteiger partial charge in [0.1, 0.15) is 0 Å². The van der Waals surface area contributed by atoms with Crippen molar-refractivity contribution in [1.29, 1.82) is 0 Å². The predicted molar refractivity (Wildman–Crippen MR) is 57.7 cm³/mol. The zero-order valence-corrected chi connectivity index (χ0v) is 8.67. The number of allylic oxidation sites excluding steroid dienone is 2. The molecular weight excluding hydrogens is 156 g/mol. The highest BCUT2D eigenvalue weighted by Crippen LogP contribution is 2.36. The SMILES string of the molecule is C1=C/CCC2CCCCC2CCC/1. The molecule has 0 aromatic rings. The van der Waals surface area contributed by atoms with Gasteiger partial charge >= 0.3 is 0 Å². The van der Waals surface area contributed by atoms with Crippen molar-refractivity contribution in [3.63, 3.8) is 0 Å². The van der Waals surface area contributed by atoms with Crippen LogP contribution in [0.2, 0.25) is 0 Å². The van der Waals surface area contributed by atoms with Crippen LogP contribution < -0.4 is 0 Å². The van der Waals surface area contributed by atoms with E-state index in [0.717, 1.165) is 11.8 Å². The standard InChI is InChI=1S/C13H22/c1-2-4-8-12-10-6-7-11-13(12)9-5-3-1/h1-2,12-13H,3-11H2/b2-1+. The zero-order chi connectivity index (χ0) is 8.93. The summed E-state index contributed by atoms with van der Waals surface area (Å²) in [5.41, 5.74) is 0. The molecule has 0 saturated heterocycles. The van der Waals surface area contributed by atoms with E-state index in [4.69, 9.17) is 0 Å². The molecule has 0 aromatic carbocycles. The molecule has 0 aliphatic heterocycles. The fraction of sp³-hybridized carbons (Fsp3) is 0.846. The molecule has 2 rings (SSSR count). The quantitative estimate of drug-likeness (QED) is 0.485. The summed E-state index contributed by atoms with van der Waals surface area (Å²) in [6.45, 7) is 0. The van der Waals surface area contributed by atoms with E-state index in [2.05, 4.69) is 12.2 Å². The lowest BCUT2D eigenvalue weighted by molar-refractivity contribution is 0.211. The summed E-state index contributed by atoms with van der Waals surface area (Å²) in [4.78, 5) is 0. The number of hydrogen-bond donors (Lipinski definition) is 0. The lowest BCUT2D eigenvalue weighted by atomic mass is 9.75. The summed E-state index contributed by atoms with van der Waals surface area (Å²) in [6, 6.07) is 0. The third-order valence-electron chi connectivity index (χ3n) is 3.88. The van der Waals surface area contributed by atoms with Crippen LogP contribution in [0.4, 0.5) is 0 Å². The normalized spacial score (nSPS) is 38.2. The monoisotopic (exact) mass is 178 g/mol. The fourth-order valence-electron chi connectivity index (χ4n) is 3.09. The highest BCUT2D eigenvalue weighted by Gasteiger charge is 2.23. The molecule has 2 aliphatic rings. The van der Waals surface area contributed by atoms with E-state index in [1.165, 1.54) is 57.8 Å². The first-order chi connectivity index (χ1) is 6.47. The third kappa shape index (κ3) is 2.59. The van der Waals surface area contributed by atoms with Crippen LogP contribution in [0.25, 0.3) is 0 Å². The summed E-state index contributed by atoms with van der Waals surface area (Å²) in [6.07, 6.45) is 18.0. The molecule has 0 nitrogen and oxygen atoms in total. The topological polar surface area (TPSA) is 0 Å². The molecule has 13 heavy (non-hydrogen) atoms. The Morgan fingerprint density at radius 1 is 0.615 bits per heavy atom. The Labute approximate surface area is 82.4 Å². The average Bonchev–Trinajstić information content (AvgIpc) is 2.28. The van der Waals surface area contributed by atoms with Gasteiger partial charge < -0.3 is 0 Å². The molecule has 0 bridgehead atoms. The van der Waals surface area contributed by atoms with Crippen LogP contribution in [0, 0.1) is 11.8 Å². The molecule has 0 heterocycles. The van der Waals surface area contributed by atoms with Crippen LogP contribution in [0.3, 0.4) is 0 Å². The van der Waals surface area contributed by atoms with Gasteiger partial charge in [0.05, 0.1) is 0 Å². The van der Waals surface area contributed by atoms with Gasteiger partial charge in [-0.3, -0.25) is 0 Å².